The summed E-state index contributed by atoms with van der Waals surface area (Å²) in [5, 5.41) is 12.7. The van der Waals surface area contributed by atoms with Crippen LogP contribution in [0.3, 0.4) is 0 Å². The molecular weight excluding hydrogens is 332 g/mol. The Morgan fingerprint density at radius 1 is 1.23 bits per heavy atom. The van der Waals surface area contributed by atoms with Gasteiger partial charge in [-0.2, -0.15) is 0 Å². The molecule has 0 saturated carbocycles. The average molecular weight is 354 g/mol. The molecule has 3 unspecified atom stereocenters. The molecule has 2 heterocycles. The fourth-order valence-electron chi connectivity index (χ4n) is 3.50. The SMILES string of the molecule is CC(=O)N1c2ccc(C(=O)O)cc2C(Nc2nccc(C)n2)C(C)C1C. The molecule has 1 aliphatic rings. The summed E-state index contributed by atoms with van der Waals surface area (Å²) in [5.74, 6) is -0.561. The minimum atomic E-state index is -1.00. The zero-order valence-electron chi connectivity index (χ0n) is 15.2. The monoisotopic (exact) mass is 354 g/mol. The number of hydrogen-bond acceptors (Lipinski definition) is 5. The van der Waals surface area contributed by atoms with Crippen LogP contribution in [0, 0.1) is 12.8 Å². The Morgan fingerprint density at radius 3 is 2.58 bits per heavy atom. The smallest absolute Gasteiger partial charge is 0.335 e. The van der Waals surface area contributed by atoms with Crippen LogP contribution in [-0.2, 0) is 4.79 Å². The van der Waals surface area contributed by atoms with E-state index in [-0.39, 0.29) is 29.5 Å². The third-order valence-electron chi connectivity index (χ3n) is 4.98. The maximum atomic E-state index is 12.2. The second-order valence-corrected chi connectivity index (χ2v) is 6.71. The number of aromatic carboxylic acids is 1. The molecule has 7 nitrogen and oxygen atoms in total. The lowest BCUT2D eigenvalue weighted by atomic mass is 9.82. The van der Waals surface area contributed by atoms with Crippen molar-refractivity contribution in [2.45, 2.75) is 39.8 Å². The van der Waals surface area contributed by atoms with E-state index in [4.69, 9.17) is 0 Å². The van der Waals surface area contributed by atoms with Gasteiger partial charge in [-0.05, 0) is 43.7 Å². The summed E-state index contributed by atoms with van der Waals surface area (Å²) in [6.07, 6.45) is 1.68. The molecule has 0 saturated heterocycles. The largest absolute Gasteiger partial charge is 0.478 e. The van der Waals surface area contributed by atoms with Gasteiger partial charge in [0.1, 0.15) is 0 Å². The van der Waals surface area contributed by atoms with Crippen molar-refractivity contribution in [2.24, 2.45) is 5.92 Å². The van der Waals surface area contributed by atoms with Crippen LogP contribution in [0.1, 0.15) is 48.4 Å². The topological polar surface area (TPSA) is 95.4 Å². The van der Waals surface area contributed by atoms with Crippen molar-refractivity contribution in [1.29, 1.82) is 0 Å². The highest BCUT2D eigenvalue weighted by Gasteiger charge is 2.38. The van der Waals surface area contributed by atoms with E-state index in [9.17, 15) is 14.7 Å². The first-order chi connectivity index (χ1) is 12.3. The number of benzene rings is 1. The van der Waals surface area contributed by atoms with E-state index < -0.39 is 5.97 Å². The highest BCUT2D eigenvalue weighted by atomic mass is 16.4. The third kappa shape index (κ3) is 3.12. The lowest BCUT2D eigenvalue weighted by Gasteiger charge is -2.43. The Bertz CT molecular complexity index is 868. The maximum absolute atomic E-state index is 12.2. The van der Waals surface area contributed by atoms with Crippen molar-refractivity contribution >= 4 is 23.5 Å². The zero-order valence-corrected chi connectivity index (χ0v) is 15.2. The van der Waals surface area contributed by atoms with Crippen LogP contribution in [0.4, 0.5) is 11.6 Å². The summed E-state index contributed by atoms with van der Waals surface area (Å²) in [7, 11) is 0. The quantitative estimate of drug-likeness (QED) is 0.880. The van der Waals surface area contributed by atoms with Gasteiger partial charge in [-0.25, -0.2) is 14.8 Å². The van der Waals surface area contributed by atoms with E-state index in [0.717, 1.165) is 16.9 Å². The van der Waals surface area contributed by atoms with Crippen molar-refractivity contribution in [3.63, 3.8) is 0 Å². The number of hydrogen-bond donors (Lipinski definition) is 2. The predicted molar refractivity (Wildman–Crippen MR) is 98.3 cm³/mol. The standard InChI is InChI=1S/C19H22N4O3/c1-10-7-8-20-19(21-10)22-17-11(2)12(3)23(13(4)24)16-6-5-14(18(25)26)9-15(16)17/h5-9,11-12,17H,1-4H3,(H,25,26)(H,20,21,22). The molecule has 7 heteroatoms. The molecule has 0 aliphatic carbocycles. The number of fused-ring (bicyclic) bond motifs is 1. The molecule has 0 bridgehead atoms. The first-order valence-electron chi connectivity index (χ1n) is 8.53. The number of carboxylic acid groups (broad SMARTS) is 1. The van der Waals surface area contributed by atoms with Crippen molar-refractivity contribution in [1.82, 2.24) is 9.97 Å². The normalized spacial score (nSPS) is 21.8. The van der Waals surface area contributed by atoms with Crippen LogP contribution < -0.4 is 10.2 Å². The van der Waals surface area contributed by atoms with Crippen LogP contribution >= 0.6 is 0 Å². The number of carbonyl (C=O) groups is 2. The minimum Gasteiger partial charge on any atom is -0.478 e. The Balaban J connectivity index is 2.11. The Morgan fingerprint density at radius 2 is 1.96 bits per heavy atom. The van der Waals surface area contributed by atoms with Gasteiger partial charge in [0.25, 0.3) is 0 Å². The van der Waals surface area contributed by atoms with E-state index in [1.807, 2.05) is 26.8 Å². The molecule has 2 aromatic rings. The van der Waals surface area contributed by atoms with Gasteiger partial charge in [0.05, 0.1) is 11.6 Å². The number of rotatable bonds is 3. The third-order valence-corrected chi connectivity index (χ3v) is 4.98. The van der Waals surface area contributed by atoms with Gasteiger partial charge in [-0.15, -0.1) is 0 Å². The molecule has 3 atom stereocenters. The molecule has 1 aromatic carbocycles. The summed E-state index contributed by atoms with van der Waals surface area (Å²) in [6.45, 7) is 7.43. The van der Waals surface area contributed by atoms with Gasteiger partial charge in [0.15, 0.2) is 0 Å². The number of aryl methyl sites for hydroxylation is 1. The van der Waals surface area contributed by atoms with E-state index in [2.05, 4.69) is 15.3 Å². The minimum absolute atomic E-state index is 0.0274. The van der Waals surface area contributed by atoms with Gasteiger partial charge < -0.3 is 15.3 Å². The summed E-state index contributed by atoms with van der Waals surface area (Å²) >= 11 is 0. The highest BCUT2D eigenvalue weighted by molar-refractivity contribution is 5.95. The predicted octanol–water partition coefficient (Wildman–Crippen LogP) is 3.03. The van der Waals surface area contributed by atoms with Crippen LogP contribution in [0.2, 0.25) is 0 Å². The van der Waals surface area contributed by atoms with Crippen LogP contribution in [-0.4, -0.2) is 33.0 Å². The molecule has 1 aromatic heterocycles. The molecule has 1 amide bonds. The first kappa shape index (κ1) is 17.8. The first-order valence-corrected chi connectivity index (χ1v) is 8.53. The number of amides is 1. The maximum Gasteiger partial charge on any atom is 0.335 e. The van der Waals surface area contributed by atoms with Crippen molar-refractivity contribution < 1.29 is 14.7 Å². The molecule has 0 fully saturated rings. The van der Waals surface area contributed by atoms with E-state index in [0.29, 0.717) is 5.95 Å². The van der Waals surface area contributed by atoms with Crippen LogP contribution in [0.5, 0.6) is 0 Å². The number of nitrogens with zero attached hydrogens (tertiary/aromatic N) is 3. The molecule has 136 valence electrons. The molecule has 0 radical (unpaired) electrons. The fourth-order valence-corrected chi connectivity index (χ4v) is 3.50. The average Bonchev–Trinajstić information content (AvgIpc) is 2.58. The van der Waals surface area contributed by atoms with E-state index in [1.54, 1.807) is 23.2 Å². The van der Waals surface area contributed by atoms with Crippen molar-refractivity contribution in [2.75, 3.05) is 10.2 Å². The second kappa shape index (κ2) is 6.74. The van der Waals surface area contributed by atoms with Gasteiger partial charge in [0, 0.05) is 36.5 Å². The summed E-state index contributed by atoms with van der Waals surface area (Å²) in [6, 6.07) is 6.40. The van der Waals surface area contributed by atoms with E-state index >= 15 is 0 Å². The number of nitrogens with one attached hydrogen (secondary N) is 1. The lowest BCUT2D eigenvalue weighted by molar-refractivity contribution is -0.117. The number of carboxylic acids is 1. The Labute approximate surface area is 152 Å². The Kier molecular flexibility index (Phi) is 4.63. The summed E-state index contributed by atoms with van der Waals surface area (Å²) in [4.78, 5) is 34.0. The Hall–Kier alpha value is -2.96. The number of aromatic nitrogens is 2. The summed E-state index contributed by atoms with van der Waals surface area (Å²) < 4.78 is 0. The molecular formula is C19H22N4O3. The molecule has 26 heavy (non-hydrogen) atoms. The van der Waals surface area contributed by atoms with Crippen LogP contribution in [0.25, 0.3) is 0 Å². The van der Waals surface area contributed by atoms with Crippen molar-refractivity contribution in [3.05, 3.63) is 47.3 Å². The highest BCUT2D eigenvalue weighted by Crippen LogP contribution is 2.42. The number of anilines is 2. The molecule has 1 aliphatic heterocycles. The van der Waals surface area contributed by atoms with Gasteiger partial charge in [-0.3, -0.25) is 4.79 Å². The van der Waals surface area contributed by atoms with Gasteiger partial charge >= 0.3 is 5.97 Å². The van der Waals surface area contributed by atoms with Crippen LogP contribution in [0.15, 0.2) is 30.5 Å². The second-order valence-electron chi connectivity index (χ2n) is 6.71. The molecule has 3 rings (SSSR count). The zero-order chi connectivity index (χ0) is 19.0. The number of carbonyl (C=O) groups excluding carboxylic acids is 1. The molecule has 2 N–H and O–H groups in total. The van der Waals surface area contributed by atoms with E-state index in [1.165, 1.54) is 13.0 Å². The van der Waals surface area contributed by atoms with Crippen molar-refractivity contribution in [3.8, 4) is 0 Å². The molecule has 0 spiro atoms. The fraction of sp³-hybridized carbons (Fsp3) is 0.368. The van der Waals surface area contributed by atoms with Gasteiger partial charge in [0.2, 0.25) is 11.9 Å². The lowest BCUT2D eigenvalue weighted by Crippen LogP contribution is -2.48. The van der Waals surface area contributed by atoms with Gasteiger partial charge in [-0.1, -0.05) is 6.92 Å². The summed E-state index contributed by atoms with van der Waals surface area (Å²) in [5.41, 5.74) is 2.50.